The van der Waals surface area contributed by atoms with Gasteiger partial charge in [0.2, 0.25) is 11.8 Å². The molecule has 1 atom stereocenters. The number of rotatable bonds is 12. The van der Waals surface area contributed by atoms with Crippen LogP contribution < -0.4 is 9.62 Å². The van der Waals surface area contributed by atoms with Crippen molar-refractivity contribution < 1.29 is 18.0 Å². The van der Waals surface area contributed by atoms with Gasteiger partial charge in [-0.25, -0.2) is 8.42 Å². The van der Waals surface area contributed by atoms with Crippen LogP contribution in [-0.4, -0.2) is 44.3 Å². The standard InChI is InChI=1S/C29H33BrClN3O4S/c1-4-27(29(36)32-18-21(2)3)33(19-22-10-8-9-13-26(22)31)28(35)20-34(24-16-14-23(30)15-17-24)39(37,38)25-11-6-5-7-12-25/h5-17,21,27H,4,18-20H2,1-3H3,(H,32,36)/t27-/m1/s1. The molecule has 10 heteroatoms. The number of sulfonamides is 1. The number of benzene rings is 3. The van der Waals surface area contributed by atoms with Crippen molar-refractivity contribution in [1.29, 1.82) is 0 Å². The molecule has 1 N–H and O–H groups in total. The molecule has 0 aliphatic carbocycles. The lowest BCUT2D eigenvalue weighted by molar-refractivity contribution is -0.140. The average Bonchev–Trinajstić information content (AvgIpc) is 2.92. The minimum absolute atomic E-state index is 0.0473. The molecule has 0 fully saturated rings. The maximum Gasteiger partial charge on any atom is 0.264 e. The lowest BCUT2D eigenvalue weighted by Gasteiger charge is -2.33. The second-order valence-corrected chi connectivity index (χ2v) is 12.7. The van der Waals surface area contributed by atoms with Crippen molar-refractivity contribution in [2.45, 2.75) is 44.7 Å². The highest BCUT2D eigenvalue weighted by molar-refractivity contribution is 9.10. The van der Waals surface area contributed by atoms with E-state index in [0.717, 1.165) is 8.78 Å². The minimum Gasteiger partial charge on any atom is -0.354 e. The van der Waals surface area contributed by atoms with Gasteiger partial charge in [-0.3, -0.25) is 13.9 Å². The minimum atomic E-state index is -4.11. The predicted molar refractivity (Wildman–Crippen MR) is 159 cm³/mol. The predicted octanol–water partition coefficient (Wildman–Crippen LogP) is 5.88. The van der Waals surface area contributed by atoms with Crippen LogP contribution in [0.3, 0.4) is 0 Å². The molecular formula is C29H33BrClN3O4S. The molecule has 2 amide bonds. The first kappa shape index (κ1) is 30.7. The van der Waals surface area contributed by atoms with Crippen molar-refractivity contribution in [2.24, 2.45) is 5.92 Å². The fourth-order valence-corrected chi connectivity index (χ4v) is 5.90. The van der Waals surface area contributed by atoms with Crippen LogP contribution >= 0.6 is 27.5 Å². The summed E-state index contributed by atoms with van der Waals surface area (Å²) in [6, 6.07) is 20.9. The van der Waals surface area contributed by atoms with Crippen molar-refractivity contribution in [2.75, 3.05) is 17.4 Å². The Bertz CT molecular complexity index is 1370. The lowest BCUT2D eigenvalue weighted by Crippen LogP contribution is -2.52. The first-order chi connectivity index (χ1) is 18.5. The Labute approximate surface area is 244 Å². The Hall–Kier alpha value is -2.88. The monoisotopic (exact) mass is 633 g/mol. The molecule has 0 aliphatic rings. The van der Waals surface area contributed by atoms with E-state index in [1.165, 1.54) is 17.0 Å². The van der Waals surface area contributed by atoms with Crippen molar-refractivity contribution in [3.05, 3.63) is 93.9 Å². The Morgan fingerprint density at radius 2 is 1.56 bits per heavy atom. The number of hydrogen-bond acceptors (Lipinski definition) is 4. The molecule has 208 valence electrons. The van der Waals surface area contributed by atoms with Gasteiger partial charge >= 0.3 is 0 Å². The Kier molecular flexibility index (Phi) is 11.0. The van der Waals surface area contributed by atoms with Gasteiger partial charge in [0, 0.05) is 22.6 Å². The van der Waals surface area contributed by atoms with Crippen LogP contribution in [0.2, 0.25) is 5.02 Å². The molecule has 0 radical (unpaired) electrons. The number of hydrogen-bond donors (Lipinski definition) is 1. The van der Waals surface area contributed by atoms with Gasteiger partial charge in [-0.15, -0.1) is 0 Å². The highest BCUT2D eigenvalue weighted by Gasteiger charge is 2.33. The molecule has 7 nitrogen and oxygen atoms in total. The number of nitrogens with one attached hydrogen (secondary N) is 1. The molecule has 0 saturated heterocycles. The van der Waals surface area contributed by atoms with E-state index in [0.29, 0.717) is 29.2 Å². The van der Waals surface area contributed by atoms with E-state index in [4.69, 9.17) is 11.6 Å². The number of carbonyl (C=O) groups excluding carboxylic acids is 2. The van der Waals surface area contributed by atoms with E-state index in [2.05, 4.69) is 21.2 Å². The van der Waals surface area contributed by atoms with Crippen molar-refractivity contribution in [1.82, 2.24) is 10.2 Å². The van der Waals surface area contributed by atoms with Crippen LogP contribution in [0.15, 0.2) is 88.2 Å². The summed E-state index contributed by atoms with van der Waals surface area (Å²) < 4.78 is 29.4. The van der Waals surface area contributed by atoms with Crippen molar-refractivity contribution >= 4 is 55.1 Å². The molecule has 3 aromatic carbocycles. The van der Waals surface area contributed by atoms with Crippen LogP contribution in [0.5, 0.6) is 0 Å². The second-order valence-electron chi connectivity index (χ2n) is 9.48. The van der Waals surface area contributed by atoms with E-state index in [9.17, 15) is 18.0 Å². The highest BCUT2D eigenvalue weighted by atomic mass is 79.9. The van der Waals surface area contributed by atoms with Gasteiger partial charge in [0.05, 0.1) is 10.6 Å². The maximum absolute atomic E-state index is 14.0. The molecule has 0 aromatic heterocycles. The first-order valence-corrected chi connectivity index (χ1v) is 15.3. The van der Waals surface area contributed by atoms with Gasteiger partial charge in [0.15, 0.2) is 0 Å². The molecule has 0 spiro atoms. The number of nitrogens with zero attached hydrogens (tertiary/aromatic N) is 2. The van der Waals surface area contributed by atoms with Crippen molar-refractivity contribution in [3.8, 4) is 0 Å². The summed E-state index contributed by atoms with van der Waals surface area (Å²) in [5.74, 6) is -0.598. The van der Waals surface area contributed by atoms with Crippen LogP contribution in [0.1, 0.15) is 32.8 Å². The number of amides is 2. The van der Waals surface area contributed by atoms with Crippen LogP contribution in [0, 0.1) is 5.92 Å². The summed E-state index contributed by atoms with van der Waals surface area (Å²) in [7, 11) is -4.11. The fourth-order valence-electron chi connectivity index (χ4n) is 4.01. The molecule has 0 saturated carbocycles. The topological polar surface area (TPSA) is 86.8 Å². The van der Waals surface area contributed by atoms with Gasteiger partial charge in [0.25, 0.3) is 10.0 Å². The van der Waals surface area contributed by atoms with Gasteiger partial charge in [0.1, 0.15) is 12.6 Å². The van der Waals surface area contributed by atoms with E-state index in [-0.39, 0.29) is 23.3 Å². The smallest absolute Gasteiger partial charge is 0.264 e. The summed E-state index contributed by atoms with van der Waals surface area (Å²) in [5.41, 5.74) is 0.981. The molecule has 0 bridgehead atoms. The normalized spacial score (nSPS) is 12.2. The number of carbonyl (C=O) groups is 2. The average molecular weight is 635 g/mol. The molecule has 39 heavy (non-hydrogen) atoms. The number of halogens is 2. The zero-order valence-corrected chi connectivity index (χ0v) is 25.3. The molecule has 3 aromatic rings. The summed E-state index contributed by atoms with van der Waals surface area (Å²) in [6.07, 6.45) is 0.337. The maximum atomic E-state index is 14.0. The van der Waals surface area contributed by atoms with E-state index in [1.54, 1.807) is 66.7 Å². The third-order valence-electron chi connectivity index (χ3n) is 6.09. The second kappa shape index (κ2) is 14.0. The van der Waals surface area contributed by atoms with Crippen molar-refractivity contribution in [3.63, 3.8) is 0 Å². The SMILES string of the molecule is CC[C@H](C(=O)NCC(C)C)N(Cc1ccccc1Cl)C(=O)CN(c1ccc(Br)cc1)S(=O)(=O)c1ccccc1. The van der Waals surface area contributed by atoms with Gasteiger partial charge in [-0.05, 0) is 60.4 Å². The summed E-state index contributed by atoms with van der Waals surface area (Å²) >= 11 is 9.80. The molecular weight excluding hydrogens is 602 g/mol. The lowest BCUT2D eigenvalue weighted by atomic mass is 10.1. The molecule has 0 unspecified atom stereocenters. The highest BCUT2D eigenvalue weighted by Crippen LogP contribution is 2.27. The largest absolute Gasteiger partial charge is 0.354 e. The van der Waals surface area contributed by atoms with Crippen LogP contribution in [-0.2, 0) is 26.2 Å². The van der Waals surface area contributed by atoms with E-state index >= 15 is 0 Å². The van der Waals surface area contributed by atoms with E-state index in [1.807, 2.05) is 20.8 Å². The van der Waals surface area contributed by atoms with Crippen LogP contribution in [0.4, 0.5) is 5.69 Å². The van der Waals surface area contributed by atoms with E-state index < -0.39 is 28.5 Å². The Morgan fingerprint density at radius 3 is 2.15 bits per heavy atom. The third kappa shape index (κ3) is 8.06. The molecule has 0 heterocycles. The summed E-state index contributed by atoms with van der Waals surface area (Å²) in [5, 5.41) is 3.37. The van der Waals surface area contributed by atoms with Crippen LogP contribution in [0.25, 0.3) is 0 Å². The quantitative estimate of drug-likeness (QED) is 0.270. The zero-order valence-electron chi connectivity index (χ0n) is 22.2. The first-order valence-electron chi connectivity index (χ1n) is 12.7. The Balaban J connectivity index is 2.04. The van der Waals surface area contributed by atoms with Gasteiger partial charge in [-0.1, -0.05) is 84.7 Å². The molecule has 3 rings (SSSR count). The summed E-state index contributed by atoms with van der Waals surface area (Å²) in [4.78, 5) is 28.7. The van der Waals surface area contributed by atoms with Gasteiger partial charge in [-0.2, -0.15) is 0 Å². The third-order valence-corrected chi connectivity index (χ3v) is 8.78. The van der Waals surface area contributed by atoms with Gasteiger partial charge < -0.3 is 10.2 Å². The summed E-state index contributed by atoms with van der Waals surface area (Å²) in [6.45, 7) is 5.79. The fraction of sp³-hybridized carbons (Fsp3) is 0.310. The number of anilines is 1. The molecule has 0 aliphatic heterocycles. The zero-order chi connectivity index (χ0) is 28.6. The Morgan fingerprint density at radius 1 is 0.949 bits per heavy atom.